The lowest BCUT2D eigenvalue weighted by Gasteiger charge is -2.09. The summed E-state index contributed by atoms with van der Waals surface area (Å²) in [4.78, 5) is 20.8. The lowest BCUT2D eigenvalue weighted by molar-refractivity contribution is 0.102. The Bertz CT molecular complexity index is 1200. The fourth-order valence-electron chi connectivity index (χ4n) is 2.80. The zero-order valence-corrected chi connectivity index (χ0v) is 15.7. The van der Waals surface area contributed by atoms with Crippen LogP contribution >= 0.6 is 23.2 Å². The van der Waals surface area contributed by atoms with Crippen molar-refractivity contribution < 1.29 is 9.18 Å². The van der Waals surface area contributed by atoms with Crippen LogP contribution in [0.5, 0.6) is 0 Å². The van der Waals surface area contributed by atoms with Gasteiger partial charge in [-0.25, -0.2) is 14.4 Å². The van der Waals surface area contributed by atoms with Crippen molar-refractivity contribution >= 4 is 46.3 Å². The molecular weight excluding hydrogens is 404 g/mol. The van der Waals surface area contributed by atoms with Crippen molar-refractivity contribution in [2.24, 2.45) is 0 Å². The molecule has 0 unspecified atom stereocenters. The van der Waals surface area contributed by atoms with Crippen LogP contribution in [0.3, 0.4) is 0 Å². The van der Waals surface area contributed by atoms with Crippen LogP contribution in [-0.2, 0) is 0 Å². The second-order valence-electron chi connectivity index (χ2n) is 5.94. The van der Waals surface area contributed by atoms with E-state index in [0.717, 1.165) is 11.3 Å². The predicted molar refractivity (Wildman–Crippen MR) is 107 cm³/mol. The Morgan fingerprint density at radius 1 is 1.14 bits per heavy atom. The lowest BCUT2D eigenvalue weighted by Crippen LogP contribution is -2.12. The lowest BCUT2D eigenvalue weighted by atomic mass is 10.1. The molecule has 0 aliphatic carbocycles. The van der Waals surface area contributed by atoms with Gasteiger partial charge in [0.25, 0.3) is 5.91 Å². The number of rotatable bonds is 3. The maximum absolute atomic E-state index is 13.5. The van der Waals surface area contributed by atoms with E-state index >= 15 is 0 Å². The minimum Gasteiger partial charge on any atom is -0.381 e. The van der Waals surface area contributed by atoms with Crippen LogP contribution in [0.15, 0.2) is 55.0 Å². The number of carbonyl (C=O) groups excluding carboxylic acids is 1. The molecule has 4 aromatic rings. The molecule has 2 aromatic heterocycles. The van der Waals surface area contributed by atoms with Crippen LogP contribution in [0, 0.1) is 5.82 Å². The Hall–Kier alpha value is -3.16. The van der Waals surface area contributed by atoms with E-state index in [1.807, 2.05) is 10.5 Å². The first-order valence-corrected chi connectivity index (χ1v) is 8.83. The van der Waals surface area contributed by atoms with Crippen molar-refractivity contribution in [1.82, 2.24) is 14.4 Å². The molecular formula is C19H12Cl2FN5O. The average Bonchev–Trinajstić information content (AvgIpc) is 3.11. The maximum atomic E-state index is 13.5. The summed E-state index contributed by atoms with van der Waals surface area (Å²) in [6.07, 6.45) is 5.01. The molecule has 0 saturated carbocycles. The molecule has 0 spiro atoms. The van der Waals surface area contributed by atoms with Crippen LogP contribution in [-0.4, -0.2) is 20.3 Å². The SMILES string of the molecule is Nc1nccn2c(-c3cccc(NC(=O)c4cc(Cl)c(F)c(Cl)c4)c3)cnc12. The fourth-order valence-corrected chi connectivity index (χ4v) is 3.29. The van der Waals surface area contributed by atoms with Crippen LogP contribution in [0.4, 0.5) is 15.9 Å². The number of benzene rings is 2. The largest absolute Gasteiger partial charge is 0.381 e. The molecule has 9 heteroatoms. The minimum absolute atomic E-state index is 0.149. The Morgan fingerprint density at radius 3 is 2.64 bits per heavy atom. The Balaban J connectivity index is 1.66. The third kappa shape index (κ3) is 3.26. The number of amides is 1. The van der Waals surface area contributed by atoms with Crippen LogP contribution in [0.2, 0.25) is 10.0 Å². The molecule has 1 amide bonds. The Kier molecular flexibility index (Phi) is 4.62. The van der Waals surface area contributed by atoms with E-state index in [1.165, 1.54) is 12.1 Å². The van der Waals surface area contributed by atoms with E-state index in [4.69, 9.17) is 28.9 Å². The topological polar surface area (TPSA) is 85.3 Å². The molecule has 28 heavy (non-hydrogen) atoms. The summed E-state index contributed by atoms with van der Waals surface area (Å²) >= 11 is 11.5. The molecule has 0 radical (unpaired) electrons. The van der Waals surface area contributed by atoms with Crippen molar-refractivity contribution in [3.05, 3.63) is 76.4 Å². The number of aromatic nitrogens is 3. The van der Waals surface area contributed by atoms with Gasteiger partial charge < -0.3 is 11.1 Å². The van der Waals surface area contributed by atoms with Gasteiger partial charge in [-0.05, 0) is 24.3 Å². The van der Waals surface area contributed by atoms with Crippen LogP contribution in [0.1, 0.15) is 10.4 Å². The number of fused-ring (bicyclic) bond motifs is 1. The van der Waals surface area contributed by atoms with Gasteiger partial charge in [0.2, 0.25) is 0 Å². The van der Waals surface area contributed by atoms with E-state index in [1.54, 1.807) is 36.8 Å². The number of nitrogens with two attached hydrogens (primary N) is 1. The number of carbonyl (C=O) groups is 1. The average molecular weight is 416 g/mol. The molecule has 0 fully saturated rings. The molecule has 0 aliphatic rings. The monoisotopic (exact) mass is 415 g/mol. The van der Waals surface area contributed by atoms with Crippen LogP contribution in [0.25, 0.3) is 16.9 Å². The number of imidazole rings is 1. The number of nitrogen functional groups attached to an aromatic ring is 1. The first kappa shape index (κ1) is 18.2. The van der Waals surface area contributed by atoms with Crippen molar-refractivity contribution in [1.29, 1.82) is 0 Å². The first-order chi connectivity index (χ1) is 13.4. The van der Waals surface area contributed by atoms with Gasteiger partial charge in [-0.3, -0.25) is 9.20 Å². The highest BCUT2D eigenvalue weighted by Gasteiger charge is 2.14. The zero-order chi connectivity index (χ0) is 19.8. The molecule has 0 atom stereocenters. The number of nitrogens with zero attached hydrogens (tertiary/aromatic N) is 3. The summed E-state index contributed by atoms with van der Waals surface area (Å²) in [6, 6.07) is 9.63. The Labute approximate surface area is 168 Å². The molecule has 0 saturated heterocycles. The van der Waals surface area contributed by atoms with Gasteiger partial charge >= 0.3 is 0 Å². The molecule has 0 aliphatic heterocycles. The van der Waals surface area contributed by atoms with Gasteiger partial charge in [-0.2, -0.15) is 0 Å². The van der Waals surface area contributed by atoms with Gasteiger partial charge in [-0.15, -0.1) is 0 Å². The van der Waals surface area contributed by atoms with E-state index in [2.05, 4.69) is 15.3 Å². The first-order valence-electron chi connectivity index (χ1n) is 8.08. The summed E-state index contributed by atoms with van der Waals surface area (Å²) in [6.45, 7) is 0. The number of anilines is 2. The summed E-state index contributed by atoms with van der Waals surface area (Å²) in [5.74, 6) is -0.904. The predicted octanol–water partition coefficient (Wildman–Crippen LogP) is 4.68. The maximum Gasteiger partial charge on any atom is 0.255 e. The number of nitrogens with one attached hydrogen (secondary N) is 1. The van der Waals surface area contributed by atoms with Crippen LogP contribution < -0.4 is 11.1 Å². The van der Waals surface area contributed by atoms with Crippen molar-refractivity contribution in [3.8, 4) is 11.3 Å². The summed E-state index contributed by atoms with van der Waals surface area (Å²) in [7, 11) is 0. The van der Waals surface area contributed by atoms with Gasteiger partial charge in [0, 0.05) is 29.2 Å². The van der Waals surface area contributed by atoms with E-state index < -0.39 is 11.7 Å². The second-order valence-corrected chi connectivity index (χ2v) is 6.75. The number of halogens is 3. The van der Waals surface area contributed by atoms with E-state index in [0.29, 0.717) is 17.2 Å². The molecule has 2 heterocycles. The number of hydrogen-bond acceptors (Lipinski definition) is 4. The smallest absolute Gasteiger partial charge is 0.255 e. The summed E-state index contributed by atoms with van der Waals surface area (Å²) < 4.78 is 15.4. The highest BCUT2D eigenvalue weighted by molar-refractivity contribution is 6.35. The molecule has 2 aromatic carbocycles. The highest BCUT2D eigenvalue weighted by atomic mass is 35.5. The standard InChI is InChI=1S/C19H12Cl2FN5O/c20-13-7-11(8-14(21)16(13)22)19(28)26-12-3-1-2-10(6-12)15-9-25-18-17(23)24-4-5-27(15)18/h1-9H,(H2,23,24)(H,26,28). The fraction of sp³-hybridized carbons (Fsp3) is 0. The summed E-state index contributed by atoms with van der Waals surface area (Å²) in [5, 5.41) is 2.31. The van der Waals surface area contributed by atoms with E-state index in [-0.39, 0.29) is 15.6 Å². The third-order valence-electron chi connectivity index (χ3n) is 4.12. The zero-order valence-electron chi connectivity index (χ0n) is 14.2. The minimum atomic E-state index is -0.761. The molecule has 0 bridgehead atoms. The molecule has 6 nitrogen and oxygen atoms in total. The van der Waals surface area contributed by atoms with Gasteiger partial charge in [-0.1, -0.05) is 35.3 Å². The van der Waals surface area contributed by atoms with Crippen molar-refractivity contribution in [2.75, 3.05) is 11.1 Å². The summed E-state index contributed by atoms with van der Waals surface area (Å²) in [5.41, 5.74) is 8.67. The van der Waals surface area contributed by atoms with Crippen molar-refractivity contribution in [2.45, 2.75) is 0 Å². The molecule has 3 N–H and O–H groups in total. The van der Waals surface area contributed by atoms with E-state index in [9.17, 15) is 9.18 Å². The normalized spacial score (nSPS) is 11.0. The van der Waals surface area contributed by atoms with Gasteiger partial charge in [0.05, 0.1) is 21.9 Å². The molecule has 140 valence electrons. The van der Waals surface area contributed by atoms with Gasteiger partial charge in [0.1, 0.15) is 0 Å². The quantitative estimate of drug-likeness (QED) is 0.475. The highest BCUT2D eigenvalue weighted by Crippen LogP contribution is 2.27. The molecule has 4 rings (SSSR count). The number of hydrogen-bond donors (Lipinski definition) is 2. The van der Waals surface area contributed by atoms with Gasteiger partial charge in [0.15, 0.2) is 17.3 Å². The second kappa shape index (κ2) is 7.10. The Morgan fingerprint density at radius 2 is 1.89 bits per heavy atom. The third-order valence-corrected chi connectivity index (χ3v) is 4.67. The van der Waals surface area contributed by atoms with Crippen molar-refractivity contribution in [3.63, 3.8) is 0 Å².